The number of rotatable bonds is 4. The van der Waals surface area contributed by atoms with Gasteiger partial charge in [0.15, 0.2) is 11.0 Å². The first-order valence-electron chi connectivity index (χ1n) is 8.21. The molecule has 1 heterocycles. The third-order valence-corrected chi connectivity index (χ3v) is 4.80. The van der Waals surface area contributed by atoms with Crippen LogP contribution in [0.4, 0.5) is 5.69 Å². The van der Waals surface area contributed by atoms with Gasteiger partial charge in [0.05, 0.1) is 5.69 Å². The summed E-state index contributed by atoms with van der Waals surface area (Å²) in [4.78, 5) is 38.3. The number of benzene rings is 2. The smallest absolute Gasteiger partial charge is 0.271 e. The average Bonchev–Trinajstić information content (AvgIpc) is 2.66. The minimum atomic E-state index is -1.21. The van der Waals surface area contributed by atoms with Crippen molar-refractivity contribution >= 4 is 62.9 Å². The van der Waals surface area contributed by atoms with E-state index in [4.69, 9.17) is 12.2 Å². The first-order chi connectivity index (χ1) is 13.4. The lowest BCUT2D eigenvalue weighted by Gasteiger charge is -2.30. The van der Waals surface area contributed by atoms with Crippen LogP contribution in [-0.2, 0) is 9.59 Å². The maximum atomic E-state index is 12.8. The van der Waals surface area contributed by atoms with Crippen LogP contribution in [-0.4, -0.2) is 29.0 Å². The third kappa shape index (κ3) is 4.32. The van der Waals surface area contributed by atoms with Gasteiger partial charge in [-0.1, -0.05) is 33.6 Å². The number of carbonyl (C=O) groups is 3. The van der Waals surface area contributed by atoms with Crippen LogP contribution in [0.25, 0.3) is 0 Å². The predicted octanol–water partition coefficient (Wildman–Crippen LogP) is 2.54. The second kappa shape index (κ2) is 8.41. The van der Waals surface area contributed by atoms with Crippen LogP contribution in [0, 0.1) is 12.8 Å². The Morgan fingerprint density at radius 2 is 1.82 bits per heavy atom. The van der Waals surface area contributed by atoms with Crippen LogP contribution < -0.4 is 15.6 Å². The van der Waals surface area contributed by atoms with Gasteiger partial charge in [-0.05, 0) is 55.5 Å². The second-order valence-corrected chi connectivity index (χ2v) is 7.31. The van der Waals surface area contributed by atoms with Gasteiger partial charge >= 0.3 is 0 Å². The molecule has 1 fully saturated rings. The van der Waals surface area contributed by atoms with Gasteiger partial charge in [-0.3, -0.25) is 19.3 Å². The van der Waals surface area contributed by atoms with Gasteiger partial charge in [-0.2, -0.15) is 5.10 Å². The molecule has 2 aromatic rings. The summed E-state index contributed by atoms with van der Waals surface area (Å²) in [6, 6.07) is 13.8. The van der Waals surface area contributed by atoms with Crippen molar-refractivity contribution in [2.45, 2.75) is 6.92 Å². The van der Waals surface area contributed by atoms with E-state index < -0.39 is 23.6 Å². The van der Waals surface area contributed by atoms with Gasteiger partial charge in [0.25, 0.3) is 11.8 Å². The van der Waals surface area contributed by atoms with E-state index in [1.54, 1.807) is 48.5 Å². The maximum absolute atomic E-state index is 12.8. The largest absolute Gasteiger partial charge is 0.301 e. The molecule has 0 aliphatic carbocycles. The van der Waals surface area contributed by atoms with Crippen LogP contribution in [0.1, 0.15) is 15.9 Å². The molecule has 9 heteroatoms. The predicted molar refractivity (Wildman–Crippen MR) is 113 cm³/mol. The number of anilines is 1. The summed E-state index contributed by atoms with van der Waals surface area (Å²) in [5.41, 5.74) is 4.27. The average molecular weight is 459 g/mol. The van der Waals surface area contributed by atoms with Crippen LogP contribution in [0.3, 0.4) is 0 Å². The van der Waals surface area contributed by atoms with E-state index in [9.17, 15) is 14.4 Å². The molecule has 1 aliphatic rings. The Morgan fingerprint density at radius 3 is 2.46 bits per heavy atom. The molecule has 0 unspecified atom stereocenters. The van der Waals surface area contributed by atoms with Gasteiger partial charge in [0.2, 0.25) is 5.91 Å². The topological polar surface area (TPSA) is 90.9 Å². The molecule has 7 nitrogen and oxygen atoms in total. The minimum Gasteiger partial charge on any atom is -0.301 e. The molecular formula is C19H15BrN4O3S. The molecule has 0 spiro atoms. The van der Waals surface area contributed by atoms with Crippen LogP contribution in [0.15, 0.2) is 58.1 Å². The number of amides is 3. The zero-order valence-corrected chi connectivity index (χ0v) is 17.1. The number of thiocarbonyl (C=S) groups is 1. The summed E-state index contributed by atoms with van der Waals surface area (Å²) in [6.07, 6.45) is 1.09. The van der Waals surface area contributed by atoms with E-state index >= 15 is 0 Å². The van der Waals surface area contributed by atoms with Crippen molar-refractivity contribution < 1.29 is 14.4 Å². The molecule has 1 saturated heterocycles. The molecule has 142 valence electrons. The highest BCUT2D eigenvalue weighted by Gasteiger charge is 2.38. The highest BCUT2D eigenvalue weighted by atomic mass is 79.9. The summed E-state index contributed by atoms with van der Waals surface area (Å²) in [6.45, 7) is 1.91. The Hall–Kier alpha value is -2.91. The van der Waals surface area contributed by atoms with E-state index in [0.29, 0.717) is 11.3 Å². The van der Waals surface area contributed by atoms with E-state index in [1.165, 1.54) is 4.90 Å². The van der Waals surface area contributed by atoms with E-state index in [2.05, 4.69) is 31.8 Å². The number of hydrogen-bond acceptors (Lipinski definition) is 5. The number of aryl methyl sites for hydroxylation is 1. The molecule has 2 N–H and O–H groups in total. The maximum Gasteiger partial charge on any atom is 0.271 e. The molecule has 3 amide bonds. The summed E-state index contributed by atoms with van der Waals surface area (Å²) in [7, 11) is 0. The van der Waals surface area contributed by atoms with Crippen LogP contribution in [0.2, 0.25) is 0 Å². The molecule has 28 heavy (non-hydrogen) atoms. The molecule has 1 atom stereocenters. The molecule has 2 aromatic carbocycles. The van der Waals surface area contributed by atoms with Gasteiger partial charge in [-0.15, -0.1) is 0 Å². The number of hydrazone groups is 1. The van der Waals surface area contributed by atoms with Crippen molar-refractivity contribution in [3.8, 4) is 0 Å². The van der Waals surface area contributed by atoms with Crippen molar-refractivity contribution in [3.05, 3.63) is 64.1 Å². The van der Waals surface area contributed by atoms with E-state index in [-0.39, 0.29) is 5.11 Å². The number of nitrogens with zero attached hydrogens (tertiary/aromatic N) is 2. The Balaban J connectivity index is 1.74. The second-order valence-electron chi connectivity index (χ2n) is 6.01. The molecule has 1 aliphatic heterocycles. The quantitative estimate of drug-likeness (QED) is 0.318. The molecule has 0 bridgehead atoms. The SMILES string of the molecule is Cc1ccc(C(=O)N/N=C\[C@@H]2C(=O)NC(=S)N(c3ccc(Br)cc3)C2=O)cc1. The van der Waals surface area contributed by atoms with Crippen LogP contribution >= 0.6 is 28.1 Å². The van der Waals surface area contributed by atoms with Crippen LogP contribution in [0.5, 0.6) is 0 Å². The summed E-state index contributed by atoms with van der Waals surface area (Å²) in [5, 5.41) is 6.25. The fraction of sp³-hybridized carbons (Fsp3) is 0.105. The highest BCUT2D eigenvalue weighted by molar-refractivity contribution is 9.10. The first kappa shape index (κ1) is 19.8. The highest BCUT2D eigenvalue weighted by Crippen LogP contribution is 2.22. The van der Waals surface area contributed by atoms with Gasteiger partial charge < -0.3 is 5.32 Å². The first-order valence-corrected chi connectivity index (χ1v) is 9.41. The Morgan fingerprint density at radius 1 is 1.18 bits per heavy atom. The van der Waals surface area contributed by atoms with Crippen molar-refractivity contribution in [2.24, 2.45) is 11.0 Å². The lowest BCUT2D eigenvalue weighted by molar-refractivity contribution is -0.130. The van der Waals surface area contributed by atoms with Crippen molar-refractivity contribution in [1.29, 1.82) is 0 Å². The normalized spacial score (nSPS) is 17.0. The minimum absolute atomic E-state index is 0.00864. The summed E-state index contributed by atoms with van der Waals surface area (Å²) in [5.74, 6) is -2.81. The molecule has 0 aromatic heterocycles. The van der Waals surface area contributed by atoms with Gasteiger partial charge in [0.1, 0.15) is 0 Å². The Bertz CT molecular complexity index is 974. The number of halogens is 1. The van der Waals surface area contributed by atoms with Crippen molar-refractivity contribution in [2.75, 3.05) is 4.90 Å². The molecular weight excluding hydrogens is 444 g/mol. The molecule has 0 saturated carbocycles. The lowest BCUT2D eigenvalue weighted by atomic mass is 10.1. The number of hydrogen-bond donors (Lipinski definition) is 2. The van der Waals surface area contributed by atoms with E-state index in [1.807, 2.05) is 6.92 Å². The summed E-state index contributed by atoms with van der Waals surface area (Å²) < 4.78 is 0.840. The Kier molecular flexibility index (Phi) is 5.96. The van der Waals surface area contributed by atoms with Crippen molar-refractivity contribution in [3.63, 3.8) is 0 Å². The third-order valence-electron chi connectivity index (χ3n) is 3.99. The fourth-order valence-corrected chi connectivity index (χ4v) is 3.06. The van der Waals surface area contributed by atoms with Gasteiger partial charge in [0, 0.05) is 16.3 Å². The lowest BCUT2D eigenvalue weighted by Crippen LogP contribution is -2.58. The van der Waals surface area contributed by atoms with E-state index in [0.717, 1.165) is 16.3 Å². The standard InChI is InChI=1S/C19H15BrN4O3S/c1-11-2-4-12(5-3-11)16(25)23-21-10-15-17(26)22-19(28)24(18(15)27)14-8-6-13(20)7-9-14/h2-10,15H,1H3,(H,23,25)(H,22,26,28)/b21-10-/t15-/m1/s1. The molecule has 0 radical (unpaired) electrons. The summed E-state index contributed by atoms with van der Waals surface area (Å²) >= 11 is 8.45. The fourth-order valence-electron chi connectivity index (χ4n) is 2.50. The zero-order valence-electron chi connectivity index (χ0n) is 14.7. The van der Waals surface area contributed by atoms with Gasteiger partial charge in [-0.25, -0.2) is 5.43 Å². The molecule has 3 rings (SSSR count). The van der Waals surface area contributed by atoms with Crippen molar-refractivity contribution in [1.82, 2.24) is 10.7 Å². The monoisotopic (exact) mass is 458 g/mol. The number of nitrogens with one attached hydrogen (secondary N) is 2. The Labute approximate surface area is 174 Å². The zero-order chi connectivity index (χ0) is 20.3. The number of carbonyl (C=O) groups excluding carboxylic acids is 3.